The van der Waals surface area contributed by atoms with Gasteiger partial charge >= 0.3 is 0 Å². The minimum Gasteiger partial charge on any atom is -0.325 e. The second-order valence-corrected chi connectivity index (χ2v) is 5.94. The van der Waals surface area contributed by atoms with Crippen molar-refractivity contribution < 1.29 is 4.79 Å². The summed E-state index contributed by atoms with van der Waals surface area (Å²) in [4.78, 5) is 14.4. The normalized spacial score (nSPS) is 17.4. The first-order chi connectivity index (χ1) is 9.56. The van der Waals surface area contributed by atoms with Crippen LogP contribution >= 0.6 is 0 Å². The Kier molecular flexibility index (Phi) is 5.15. The lowest BCUT2D eigenvalue weighted by atomic mass is 10.0. The molecule has 0 aliphatic carbocycles. The quantitative estimate of drug-likeness (QED) is 0.866. The highest BCUT2D eigenvalue weighted by atomic mass is 16.2. The Balaban J connectivity index is 1.96. The summed E-state index contributed by atoms with van der Waals surface area (Å²) in [6.07, 6.45) is 2.58. The van der Waals surface area contributed by atoms with Crippen molar-refractivity contribution in [2.75, 3.05) is 18.4 Å². The summed E-state index contributed by atoms with van der Waals surface area (Å²) in [6.45, 7) is 7.21. The van der Waals surface area contributed by atoms with E-state index >= 15 is 0 Å². The van der Waals surface area contributed by atoms with Gasteiger partial charge in [-0.15, -0.1) is 0 Å². The highest BCUT2D eigenvalue weighted by Gasteiger charge is 2.17. The number of amides is 1. The summed E-state index contributed by atoms with van der Waals surface area (Å²) in [5, 5.41) is 2.91. The number of nitrogens with two attached hydrogens (primary N) is 1. The van der Waals surface area contributed by atoms with Crippen molar-refractivity contribution in [3.8, 4) is 0 Å². The van der Waals surface area contributed by atoms with Crippen LogP contribution in [-0.2, 0) is 11.3 Å². The molecule has 1 aromatic rings. The fourth-order valence-electron chi connectivity index (χ4n) is 2.47. The Morgan fingerprint density at radius 2 is 2.05 bits per heavy atom. The van der Waals surface area contributed by atoms with E-state index in [0.29, 0.717) is 0 Å². The average Bonchev–Trinajstić information content (AvgIpc) is 2.91. The van der Waals surface area contributed by atoms with E-state index in [1.807, 2.05) is 32.0 Å². The van der Waals surface area contributed by atoms with E-state index in [9.17, 15) is 4.79 Å². The number of carbonyl (C=O) groups is 1. The lowest BCUT2D eigenvalue weighted by Crippen LogP contribution is -2.39. The summed E-state index contributed by atoms with van der Waals surface area (Å²) in [7, 11) is 0. The van der Waals surface area contributed by atoms with Gasteiger partial charge in [-0.05, 0) is 49.5 Å². The van der Waals surface area contributed by atoms with Gasteiger partial charge in [0.05, 0.1) is 6.04 Å². The number of hydrogen-bond donors (Lipinski definition) is 2. The molecule has 4 heteroatoms. The Morgan fingerprint density at radius 3 is 2.70 bits per heavy atom. The van der Waals surface area contributed by atoms with E-state index in [1.54, 1.807) is 0 Å². The molecule has 1 aliphatic heterocycles. The van der Waals surface area contributed by atoms with Gasteiger partial charge in [0.2, 0.25) is 5.91 Å². The zero-order chi connectivity index (χ0) is 14.5. The molecule has 4 nitrogen and oxygen atoms in total. The van der Waals surface area contributed by atoms with Crippen molar-refractivity contribution in [1.82, 2.24) is 4.90 Å². The first kappa shape index (κ1) is 15.0. The zero-order valence-corrected chi connectivity index (χ0v) is 12.4. The minimum atomic E-state index is -0.461. The number of anilines is 1. The molecule has 1 fully saturated rings. The van der Waals surface area contributed by atoms with Crippen LogP contribution in [0.3, 0.4) is 0 Å². The molecule has 0 saturated carbocycles. The van der Waals surface area contributed by atoms with Crippen LogP contribution < -0.4 is 11.1 Å². The maximum absolute atomic E-state index is 12.0. The lowest BCUT2D eigenvalue weighted by molar-refractivity contribution is -0.118. The van der Waals surface area contributed by atoms with Gasteiger partial charge in [-0.25, -0.2) is 0 Å². The van der Waals surface area contributed by atoms with E-state index in [0.717, 1.165) is 12.2 Å². The number of carbonyl (C=O) groups excluding carboxylic acids is 1. The second-order valence-electron chi connectivity index (χ2n) is 5.94. The van der Waals surface area contributed by atoms with E-state index in [-0.39, 0.29) is 11.8 Å². The van der Waals surface area contributed by atoms with Crippen LogP contribution in [0.2, 0.25) is 0 Å². The molecule has 3 N–H and O–H groups in total. The fraction of sp³-hybridized carbons (Fsp3) is 0.562. The predicted molar refractivity (Wildman–Crippen MR) is 82.4 cm³/mol. The van der Waals surface area contributed by atoms with Gasteiger partial charge in [0, 0.05) is 12.2 Å². The second kappa shape index (κ2) is 6.86. The van der Waals surface area contributed by atoms with Crippen molar-refractivity contribution in [2.45, 2.75) is 39.3 Å². The van der Waals surface area contributed by atoms with E-state index in [1.165, 1.54) is 31.5 Å². The molecule has 110 valence electrons. The SMILES string of the molecule is CC(C)[C@H](N)C(=O)Nc1cccc(CN2CCCC2)c1. The van der Waals surface area contributed by atoms with Gasteiger partial charge in [-0.1, -0.05) is 26.0 Å². The number of hydrogen-bond acceptors (Lipinski definition) is 3. The number of rotatable bonds is 5. The largest absolute Gasteiger partial charge is 0.325 e. The summed E-state index contributed by atoms with van der Waals surface area (Å²) in [5.74, 6) is 0.0288. The van der Waals surface area contributed by atoms with Gasteiger partial charge in [-0.3, -0.25) is 9.69 Å². The van der Waals surface area contributed by atoms with Gasteiger partial charge in [-0.2, -0.15) is 0 Å². The third-order valence-electron chi connectivity index (χ3n) is 3.82. The van der Waals surface area contributed by atoms with Crippen molar-refractivity contribution in [3.63, 3.8) is 0 Å². The fourth-order valence-corrected chi connectivity index (χ4v) is 2.47. The number of nitrogens with one attached hydrogen (secondary N) is 1. The molecule has 0 spiro atoms. The zero-order valence-electron chi connectivity index (χ0n) is 12.4. The van der Waals surface area contributed by atoms with Crippen LogP contribution in [0.15, 0.2) is 24.3 Å². The number of nitrogens with zero attached hydrogens (tertiary/aromatic N) is 1. The molecule has 1 heterocycles. The molecule has 1 aromatic carbocycles. The highest BCUT2D eigenvalue weighted by molar-refractivity contribution is 5.94. The Morgan fingerprint density at radius 1 is 1.35 bits per heavy atom. The molecule has 2 rings (SSSR count). The third kappa shape index (κ3) is 4.05. The molecule has 0 unspecified atom stereocenters. The molecule has 20 heavy (non-hydrogen) atoms. The molecule has 0 aromatic heterocycles. The van der Waals surface area contributed by atoms with Crippen LogP contribution in [0.1, 0.15) is 32.3 Å². The molecular formula is C16H25N3O. The monoisotopic (exact) mass is 275 g/mol. The van der Waals surface area contributed by atoms with Gasteiger partial charge in [0.25, 0.3) is 0 Å². The van der Waals surface area contributed by atoms with Gasteiger partial charge in [0.1, 0.15) is 0 Å². The first-order valence-electron chi connectivity index (χ1n) is 7.44. The topological polar surface area (TPSA) is 58.4 Å². The molecule has 1 amide bonds. The Labute approximate surface area is 121 Å². The first-order valence-corrected chi connectivity index (χ1v) is 7.44. The van der Waals surface area contributed by atoms with Gasteiger partial charge < -0.3 is 11.1 Å². The Hall–Kier alpha value is -1.39. The maximum Gasteiger partial charge on any atom is 0.241 e. The van der Waals surface area contributed by atoms with Crippen LogP contribution in [0.4, 0.5) is 5.69 Å². The van der Waals surface area contributed by atoms with Crippen molar-refractivity contribution >= 4 is 11.6 Å². The standard InChI is InChI=1S/C16H25N3O/c1-12(2)15(17)16(20)18-14-7-5-6-13(10-14)11-19-8-3-4-9-19/h5-7,10,12,15H,3-4,8-9,11,17H2,1-2H3,(H,18,20)/t15-/m0/s1. The van der Waals surface area contributed by atoms with Crippen LogP contribution in [0, 0.1) is 5.92 Å². The summed E-state index contributed by atoms with van der Waals surface area (Å²) in [6, 6.07) is 7.59. The Bertz CT molecular complexity index is 453. The molecule has 0 bridgehead atoms. The summed E-state index contributed by atoms with van der Waals surface area (Å²) < 4.78 is 0. The average molecular weight is 275 g/mol. The van der Waals surface area contributed by atoms with E-state index in [2.05, 4.69) is 16.3 Å². The van der Waals surface area contributed by atoms with Crippen molar-refractivity contribution in [1.29, 1.82) is 0 Å². The lowest BCUT2D eigenvalue weighted by Gasteiger charge is -2.17. The molecule has 0 radical (unpaired) electrons. The molecule has 1 atom stereocenters. The summed E-state index contributed by atoms with van der Waals surface area (Å²) in [5.41, 5.74) is 7.93. The van der Waals surface area contributed by atoms with Crippen LogP contribution in [0.5, 0.6) is 0 Å². The molecule has 1 saturated heterocycles. The number of benzene rings is 1. The third-order valence-corrected chi connectivity index (χ3v) is 3.82. The summed E-state index contributed by atoms with van der Waals surface area (Å²) >= 11 is 0. The van der Waals surface area contributed by atoms with Crippen molar-refractivity contribution in [3.05, 3.63) is 29.8 Å². The number of likely N-dealkylation sites (tertiary alicyclic amines) is 1. The molecular weight excluding hydrogens is 250 g/mol. The van der Waals surface area contributed by atoms with E-state index in [4.69, 9.17) is 5.73 Å². The smallest absolute Gasteiger partial charge is 0.241 e. The van der Waals surface area contributed by atoms with Gasteiger partial charge in [0.15, 0.2) is 0 Å². The van der Waals surface area contributed by atoms with Crippen LogP contribution in [0.25, 0.3) is 0 Å². The maximum atomic E-state index is 12.0. The minimum absolute atomic E-state index is 0.113. The molecule has 1 aliphatic rings. The van der Waals surface area contributed by atoms with E-state index < -0.39 is 6.04 Å². The predicted octanol–water partition coefficient (Wildman–Crippen LogP) is 2.20. The highest BCUT2D eigenvalue weighted by Crippen LogP contribution is 2.16. The van der Waals surface area contributed by atoms with Crippen LogP contribution in [-0.4, -0.2) is 29.9 Å². The van der Waals surface area contributed by atoms with Crippen molar-refractivity contribution in [2.24, 2.45) is 11.7 Å².